The Morgan fingerprint density at radius 3 is 2.36 bits per heavy atom. The average Bonchev–Trinajstić information content (AvgIpc) is 3.40. The molecule has 3 heterocycles. The first-order chi connectivity index (χ1) is 21.7. The first-order valence-electron chi connectivity index (χ1n) is 15.0. The number of Topliss-reactive ketones (excluding diaryl/α,β-unsaturated/α-hetero) is 1. The summed E-state index contributed by atoms with van der Waals surface area (Å²) in [4.78, 5) is 32.0. The van der Waals surface area contributed by atoms with E-state index in [0.29, 0.717) is 17.9 Å². The normalized spacial score (nSPS) is 19.0. The lowest BCUT2D eigenvalue weighted by atomic mass is 9.74. The van der Waals surface area contributed by atoms with Crippen molar-refractivity contribution in [2.75, 3.05) is 37.6 Å². The number of carbonyl (C=O) groups excluding carboxylic acids is 2. The molecule has 6 rings (SSSR count). The molecule has 0 bridgehead atoms. The highest BCUT2D eigenvalue weighted by Gasteiger charge is 2.46. The fourth-order valence-corrected chi connectivity index (χ4v) is 6.41. The van der Waals surface area contributed by atoms with Crippen molar-refractivity contribution >= 4 is 17.5 Å². The summed E-state index contributed by atoms with van der Waals surface area (Å²) in [5.41, 5.74) is 1.81. The zero-order valence-electron chi connectivity index (χ0n) is 24.7. The molecule has 4 aromatic rings. The van der Waals surface area contributed by atoms with Crippen LogP contribution in [0.4, 0.5) is 23.4 Å². The molecule has 45 heavy (non-hydrogen) atoms. The SMILES string of the molecule is CCN1C(=O)[C@@H](CC(=O)c2cccc(C(F)(F)F)c2)[C@@H](c2ccc(F)cc2)c2c(CN3CCNCC3)nn(-c3ccccc3)c21. The van der Waals surface area contributed by atoms with Gasteiger partial charge in [-0.2, -0.15) is 18.3 Å². The molecule has 1 saturated heterocycles. The van der Waals surface area contributed by atoms with Crippen molar-refractivity contribution in [1.29, 1.82) is 0 Å². The van der Waals surface area contributed by atoms with E-state index >= 15 is 0 Å². The zero-order chi connectivity index (χ0) is 31.7. The maximum absolute atomic E-state index is 14.4. The maximum Gasteiger partial charge on any atom is 0.416 e. The molecule has 0 unspecified atom stereocenters. The number of amides is 1. The third-order valence-electron chi connectivity index (χ3n) is 8.57. The topological polar surface area (TPSA) is 70.5 Å². The van der Waals surface area contributed by atoms with E-state index in [2.05, 4.69) is 10.2 Å². The molecule has 2 atom stereocenters. The van der Waals surface area contributed by atoms with Crippen LogP contribution in [0.25, 0.3) is 5.69 Å². The monoisotopic (exact) mass is 619 g/mol. The fourth-order valence-electron chi connectivity index (χ4n) is 6.41. The largest absolute Gasteiger partial charge is 0.416 e. The Balaban J connectivity index is 1.52. The Morgan fingerprint density at radius 1 is 0.978 bits per heavy atom. The van der Waals surface area contributed by atoms with Crippen LogP contribution in [0, 0.1) is 11.7 Å². The van der Waals surface area contributed by atoms with Gasteiger partial charge in [0.1, 0.15) is 11.6 Å². The molecule has 1 N–H and O–H groups in total. The number of alkyl halides is 3. The summed E-state index contributed by atoms with van der Waals surface area (Å²) in [5.74, 6) is -2.44. The Morgan fingerprint density at radius 2 is 1.69 bits per heavy atom. The summed E-state index contributed by atoms with van der Waals surface area (Å²) in [6.45, 7) is 5.82. The number of anilines is 1. The molecule has 3 aromatic carbocycles. The lowest BCUT2D eigenvalue weighted by Crippen LogP contribution is -2.46. The second-order valence-electron chi connectivity index (χ2n) is 11.4. The number of fused-ring (bicyclic) bond motifs is 1. The van der Waals surface area contributed by atoms with Crippen molar-refractivity contribution in [2.24, 2.45) is 5.92 Å². The van der Waals surface area contributed by atoms with Crippen molar-refractivity contribution in [3.63, 3.8) is 0 Å². The molecule has 7 nitrogen and oxygen atoms in total. The van der Waals surface area contributed by atoms with Gasteiger partial charge in [0.05, 0.1) is 22.9 Å². The molecule has 1 amide bonds. The summed E-state index contributed by atoms with van der Waals surface area (Å²) in [5, 5.41) is 8.42. The van der Waals surface area contributed by atoms with Crippen LogP contribution in [-0.4, -0.2) is 59.1 Å². The van der Waals surface area contributed by atoms with E-state index in [0.717, 1.165) is 55.3 Å². The molecule has 234 valence electrons. The fraction of sp³-hybridized carbons (Fsp3) is 0.324. The summed E-state index contributed by atoms with van der Waals surface area (Å²) >= 11 is 0. The van der Waals surface area contributed by atoms with E-state index in [4.69, 9.17) is 5.10 Å². The number of nitrogens with one attached hydrogen (secondary N) is 1. The molecular weight excluding hydrogens is 586 g/mol. The predicted octanol–water partition coefficient (Wildman–Crippen LogP) is 5.82. The smallest absolute Gasteiger partial charge is 0.314 e. The molecular formula is C34H33F4N5O2. The van der Waals surface area contributed by atoms with Crippen LogP contribution in [0.2, 0.25) is 0 Å². The predicted molar refractivity (Wildman–Crippen MR) is 162 cm³/mol. The lowest BCUT2D eigenvalue weighted by molar-refractivity contribution is -0.137. The average molecular weight is 620 g/mol. The van der Waals surface area contributed by atoms with Gasteiger partial charge < -0.3 is 5.32 Å². The van der Waals surface area contributed by atoms with Crippen molar-refractivity contribution in [3.8, 4) is 5.69 Å². The number of carbonyl (C=O) groups is 2. The maximum atomic E-state index is 14.4. The Labute approximate surface area is 258 Å². The van der Waals surface area contributed by atoms with Crippen molar-refractivity contribution < 1.29 is 27.2 Å². The van der Waals surface area contributed by atoms with Crippen molar-refractivity contribution in [3.05, 3.63) is 113 Å². The number of para-hydroxylation sites is 1. The van der Waals surface area contributed by atoms with Gasteiger partial charge >= 0.3 is 6.18 Å². The molecule has 2 aliphatic heterocycles. The summed E-state index contributed by atoms with van der Waals surface area (Å²) in [6, 6.07) is 19.6. The number of aromatic nitrogens is 2. The number of halogens is 4. The lowest BCUT2D eigenvalue weighted by Gasteiger charge is -2.38. The first kappa shape index (κ1) is 30.7. The first-order valence-corrected chi connectivity index (χ1v) is 15.0. The van der Waals surface area contributed by atoms with Gasteiger partial charge in [-0.1, -0.05) is 42.5 Å². The van der Waals surface area contributed by atoms with E-state index in [9.17, 15) is 27.2 Å². The highest BCUT2D eigenvalue weighted by atomic mass is 19.4. The van der Waals surface area contributed by atoms with E-state index in [1.807, 2.05) is 37.3 Å². The number of rotatable bonds is 8. The number of hydrogen-bond acceptors (Lipinski definition) is 5. The Bertz CT molecular complexity index is 1680. The second-order valence-corrected chi connectivity index (χ2v) is 11.4. The van der Waals surface area contributed by atoms with Gasteiger partial charge in [-0.25, -0.2) is 9.07 Å². The molecule has 11 heteroatoms. The van der Waals surface area contributed by atoms with Crippen molar-refractivity contribution in [1.82, 2.24) is 20.0 Å². The number of ketones is 1. The molecule has 2 aliphatic rings. The summed E-state index contributed by atoms with van der Waals surface area (Å²) < 4.78 is 56.4. The van der Waals surface area contributed by atoms with E-state index < -0.39 is 35.2 Å². The quantitative estimate of drug-likeness (QED) is 0.199. The highest BCUT2D eigenvalue weighted by molar-refractivity contribution is 6.04. The molecule has 0 aliphatic carbocycles. The summed E-state index contributed by atoms with van der Waals surface area (Å²) in [6.07, 6.45) is -4.95. The number of piperazine rings is 1. The number of hydrogen-bond donors (Lipinski definition) is 1. The van der Waals surface area contributed by atoms with Crippen molar-refractivity contribution in [2.45, 2.75) is 32.0 Å². The minimum absolute atomic E-state index is 0.120. The van der Waals surface area contributed by atoms with Gasteiger partial charge in [0.15, 0.2) is 5.78 Å². The van der Waals surface area contributed by atoms with Gasteiger partial charge in [0, 0.05) is 62.7 Å². The minimum Gasteiger partial charge on any atom is -0.314 e. The van der Waals surface area contributed by atoms with E-state index in [-0.39, 0.29) is 24.4 Å². The molecule has 0 radical (unpaired) electrons. The second kappa shape index (κ2) is 12.6. The molecule has 0 saturated carbocycles. The van der Waals surface area contributed by atoms with E-state index in [1.165, 1.54) is 24.3 Å². The van der Waals surface area contributed by atoms with Crippen LogP contribution in [0.3, 0.4) is 0 Å². The van der Waals surface area contributed by atoms with Crippen LogP contribution in [0.1, 0.15) is 52.0 Å². The highest BCUT2D eigenvalue weighted by Crippen LogP contribution is 2.48. The van der Waals surface area contributed by atoms with Gasteiger partial charge in [-0.3, -0.25) is 19.4 Å². The number of benzene rings is 3. The third kappa shape index (κ3) is 6.14. The van der Waals surface area contributed by atoms with Gasteiger partial charge in [0.25, 0.3) is 0 Å². The molecule has 0 spiro atoms. The Hall–Kier alpha value is -4.35. The third-order valence-corrected chi connectivity index (χ3v) is 8.57. The van der Waals surface area contributed by atoms with Gasteiger partial charge in [-0.15, -0.1) is 0 Å². The van der Waals surface area contributed by atoms with Crippen LogP contribution in [0.15, 0.2) is 78.9 Å². The van der Waals surface area contributed by atoms with Crippen LogP contribution in [0.5, 0.6) is 0 Å². The minimum atomic E-state index is -4.62. The summed E-state index contributed by atoms with van der Waals surface area (Å²) in [7, 11) is 0. The number of nitrogens with zero attached hydrogens (tertiary/aromatic N) is 4. The Kier molecular flexibility index (Phi) is 8.56. The van der Waals surface area contributed by atoms with Gasteiger partial charge in [-0.05, 0) is 48.9 Å². The molecule has 1 aromatic heterocycles. The van der Waals surface area contributed by atoms with Crippen LogP contribution in [-0.2, 0) is 17.5 Å². The standard InChI is InChI=1S/C34H33F4N5O2/c1-2-42-32-31(28(21-41-17-15-39-16-18-41)40-43(32)26-9-4-3-5-10-26)30(22-11-13-25(35)14-12-22)27(33(42)45)20-29(44)23-7-6-8-24(19-23)34(36,37)38/h3-14,19,27,30,39H,2,15-18,20-21H2,1H3/t27-,30+/m0/s1. The van der Waals surface area contributed by atoms with E-state index in [1.54, 1.807) is 21.7 Å². The van der Waals surface area contributed by atoms with Crippen LogP contribution >= 0.6 is 0 Å². The van der Waals surface area contributed by atoms with Crippen LogP contribution < -0.4 is 10.2 Å². The zero-order valence-corrected chi connectivity index (χ0v) is 24.7. The molecule has 1 fully saturated rings. The van der Waals surface area contributed by atoms with Gasteiger partial charge in [0.2, 0.25) is 5.91 Å².